The van der Waals surface area contributed by atoms with Crippen LogP contribution in [0.2, 0.25) is 0 Å². The summed E-state index contributed by atoms with van der Waals surface area (Å²) in [6.45, 7) is 2.07. The fourth-order valence-corrected chi connectivity index (χ4v) is 1.89. The van der Waals surface area contributed by atoms with Crippen molar-refractivity contribution in [1.82, 2.24) is 0 Å². The van der Waals surface area contributed by atoms with Gasteiger partial charge in [-0.1, -0.05) is 28.1 Å². The number of esters is 2. The SMILES string of the molecule is CCOC(=O)/C=C(\CCC(=O)OC)c1ccc(Br)cc1. The molecule has 0 saturated heterocycles. The molecule has 1 rings (SSSR count). The lowest BCUT2D eigenvalue weighted by Gasteiger charge is -2.08. The largest absolute Gasteiger partial charge is 0.469 e. The van der Waals surface area contributed by atoms with Gasteiger partial charge in [0, 0.05) is 17.0 Å². The van der Waals surface area contributed by atoms with E-state index >= 15 is 0 Å². The molecule has 1 aromatic carbocycles. The zero-order valence-corrected chi connectivity index (χ0v) is 13.1. The predicted octanol–water partition coefficient (Wildman–Crippen LogP) is 3.35. The first-order valence-corrected chi connectivity index (χ1v) is 7.06. The van der Waals surface area contributed by atoms with Crippen LogP contribution in [0.15, 0.2) is 34.8 Å². The number of hydrogen-bond acceptors (Lipinski definition) is 4. The molecule has 0 amide bonds. The van der Waals surface area contributed by atoms with Crippen LogP contribution in [0.4, 0.5) is 0 Å². The van der Waals surface area contributed by atoms with Crippen LogP contribution in [-0.2, 0) is 19.1 Å². The summed E-state index contributed by atoms with van der Waals surface area (Å²) in [6, 6.07) is 7.53. The highest BCUT2D eigenvalue weighted by Crippen LogP contribution is 2.22. The van der Waals surface area contributed by atoms with Crippen LogP contribution in [-0.4, -0.2) is 25.7 Å². The number of methoxy groups -OCH3 is 1. The van der Waals surface area contributed by atoms with Gasteiger partial charge in [0.1, 0.15) is 0 Å². The van der Waals surface area contributed by atoms with E-state index in [4.69, 9.17) is 4.74 Å². The van der Waals surface area contributed by atoms with E-state index in [2.05, 4.69) is 20.7 Å². The maximum atomic E-state index is 11.6. The van der Waals surface area contributed by atoms with Crippen molar-refractivity contribution in [2.45, 2.75) is 19.8 Å². The molecule has 5 heteroatoms. The van der Waals surface area contributed by atoms with Crippen molar-refractivity contribution >= 4 is 33.4 Å². The van der Waals surface area contributed by atoms with Gasteiger partial charge < -0.3 is 9.47 Å². The van der Waals surface area contributed by atoms with E-state index < -0.39 is 5.97 Å². The van der Waals surface area contributed by atoms with Gasteiger partial charge in [-0.15, -0.1) is 0 Å². The summed E-state index contributed by atoms with van der Waals surface area (Å²) in [5, 5.41) is 0. The minimum atomic E-state index is -0.407. The molecule has 108 valence electrons. The molecule has 0 saturated carbocycles. The van der Waals surface area contributed by atoms with Crippen molar-refractivity contribution in [2.24, 2.45) is 0 Å². The Morgan fingerprint density at radius 2 is 1.85 bits per heavy atom. The molecule has 0 unspecified atom stereocenters. The van der Waals surface area contributed by atoms with Crippen LogP contribution < -0.4 is 0 Å². The molecule has 0 aliphatic carbocycles. The van der Waals surface area contributed by atoms with Gasteiger partial charge in [0.2, 0.25) is 0 Å². The van der Waals surface area contributed by atoms with E-state index in [1.54, 1.807) is 6.92 Å². The van der Waals surface area contributed by atoms with Crippen molar-refractivity contribution in [3.05, 3.63) is 40.4 Å². The molecule has 0 spiro atoms. The van der Waals surface area contributed by atoms with Crippen LogP contribution >= 0.6 is 15.9 Å². The number of carbonyl (C=O) groups excluding carboxylic acids is 2. The van der Waals surface area contributed by atoms with Crippen molar-refractivity contribution in [1.29, 1.82) is 0 Å². The van der Waals surface area contributed by atoms with Gasteiger partial charge in [-0.2, -0.15) is 0 Å². The van der Waals surface area contributed by atoms with E-state index in [1.807, 2.05) is 24.3 Å². The van der Waals surface area contributed by atoms with Crippen molar-refractivity contribution < 1.29 is 19.1 Å². The van der Waals surface area contributed by atoms with Crippen LogP contribution in [0, 0.1) is 0 Å². The average Bonchev–Trinajstić information content (AvgIpc) is 2.44. The van der Waals surface area contributed by atoms with Crippen molar-refractivity contribution in [3.8, 4) is 0 Å². The van der Waals surface area contributed by atoms with E-state index in [0.717, 1.165) is 15.6 Å². The minimum absolute atomic E-state index is 0.220. The monoisotopic (exact) mass is 340 g/mol. The van der Waals surface area contributed by atoms with Gasteiger partial charge in [0.25, 0.3) is 0 Å². The smallest absolute Gasteiger partial charge is 0.331 e. The van der Waals surface area contributed by atoms with Gasteiger partial charge in [0.05, 0.1) is 13.7 Å². The Bertz CT molecular complexity index is 491. The first-order chi connectivity index (χ1) is 9.56. The summed E-state index contributed by atoms with van der Waals surface area (Å²) >= 11 is 3.36. The van der Waals surface area contributed by atoms with Crippen molar-refractivity contribution in [2.75, 3.05) is 13.7 Å². The Morgan fingerprint density at radius 3 is 2.40 bits per heavy atom. The molecule has 0 fully saturated rings. The second kappa shape index (κ2) is 8.53. The van der Waals surface area contributed by atoms with Gasteiger partial charge in [-0.05, 0) is 36.6 Å². The Balaban J connectivity index is 2.91. The molecule has 0 heterocycles. The average molecular weight is 341 g/mol. The Hall–Kier alpha value is -1.62. The molecule has 1 aromatic rings. The number of halogens is 1. The lowest BCUT2D eigenvalue weighted by atomic mass is 10.0. The highest BCUT2D eigenvalue weighted by atomic mass is 79.9. The van der Waals surface area contributed by atoms with Gasteiger partial charge in [0.15, 0.2) is 0 Å². The third-order valence-corrected chi connectivity index (χ3v) is 3.15. The molecule has 4 nitrogen and oxygen atoms in total. The minimum Gasteiger partial charge on any atom is -0.469 e. The standard InChI is InChI=1S/C15H17BrO4/c1-3-20-15(18)10-12(6-9-14(17)19-2)11-4-7-13(16)8-5-11/h4-5,7-8,10H,3,6,9H2,1-2H3/b12-10+. The maximum absolute atomic E-state index is 11.6. The first kappa shape index (κ1) is 16.4. The third kappa shape index (κ3) is 5.57. The van der Waals surface area contributed by atoms with Crippen LogP contribution in [0.5, 0.6) is 0 Å². The quantitative estimate of drug-likeness (QED) is 0.588. The maximum Gasteiger partial charge on any atom is 0.331 e. The summed E-state index contributed by atoms with van der Waals surface area (Å²) in [5.74, 6) is -0.716. The second-order valence-corrected chi connectivity index (χ2v) is 4.92. The molecular formula is C15H17BrO4. The van der Waals surface area contributed by atoms with Crippen LogP contribution in [0.3, 0.4) is 0 Å². The lowest BCUT2D eigenvalue weighted by Crippen LogP contribution is -2.04. The first-order valence-electron chi connectivity index (χ1n) is 6.27. The summed E-state index contributed by atoms with van der Waals surface area (Å²) in [6.07, 6.45) is 2.07. The predicted molar refractivity (Wildman–Crippen MR) is 80.0 cm³/mol. The lowest BCUT2D eigenvalue weighted by molar-refractivity contribution is -0.140. The fraction of sp³-hybridized carbons (Fsp3) is 0.333. The Labute approximate surface area is 126 Å². The van der Waals surface area contributed by atoms with Crippen molar-refractivity contribution in [3.63, 3.8) is 0 Å². The van der Waals surface area contributed by atoms with Gasteiger partial charge in [-0.25, -0.2) is 4.79 Å². The number of rotatable bonds is 6. The number of benzene rings is 1. The highest BCUT2D eigenvalue weighted by molar-refractivity contribution is 9.10. The second-order valence-electron chi connectivity index (χ2n) is 4.00. The van der Waals surface area contributed by atoms with Gasteiger partial charge >= 0.3 is 11.9 Å². The molecule has 20 heavy (non-hydrogen) atoms. The van der Waals surface area contributed by atoms with Gasteiger partial charge in [-0.3, -0.25) is 4.79 Å². The molecule has 0 atom stereocenters. The Morgan fingerprint density at radius 1 is 1.20 bits per heavy atom. The normalized spacial score (nSPS) is 11.1. The molecule has 0 radical (unpaired) electrons. The third-order valence-electron chi connectivity index (χ3n) is 2.62. The fourth-order valence-electron chi connectivity index (χ4n) is 1.63. The number of carbonyl (C=O) groups is 2. The summed E-state index contributed by atoms with van der Waals surface area (Å²) in [4.78, 5) is 22.8. The molecular weight excluding hydrogens is 324 g/mol. The highest BCUT2D eigenvalue weighted by Gasteiger charge is 2.09. The number of hydrogen-bond donors (Lipinski definition) is 0. The zero-order valence-electron chi connectivity index (χ0n) is 11.5. The van der Waals surface area contributed by atoms with Crippen LogP contribution in [0.1, 0.15) is 25.3 Å². The van der Waals surface area contributed by atoms with Crippen LogP contribution in [0.25, 0.3) is 5.57 Å². The van der Waals surface area contributed by atoms with E-state index in [9.17, 15) is 9.59 Å². The number of ether oxygens (including phenoxy) is 2. The molecule has 0 aliphatic heterocycles. The van der Waals surface area contributed by atoms with E-state index in [-0.39, 0.29) is 12.4 Å². The molecule has 0 aliphatic rings. The summed E-state index contributed by atoms with van der Waals surface area (Å²) < 4.78 is 10.5. The molecule has 0 aromatic heterocycles. The topological polar surface area (TPSA) is 52.6 Å². The Kier molecular flexibility index (Phi) is 7.01. The van der Waals surface area contributed by atoms with E-state index in [1.165, 1.54) is 13.2 Å². The number of allylic oxidation sites excluding steroid dienone is 1. The summed E-state index contributed by atoms with van der Waals surface area (Å²) in [7, 11) is 1.34. The zero-order chi connectivity index (χ0) is 15.0. The molecule has 0 N–H and O–H groups in total. The van der Waals surface area contributed by atoms with E-state index in [0.29, 0.717) is 13.0 Å². The summed E-state index contributed by atoms with van der Waals surface area (Å²) in [5.41, 5.74) is 1.63. The molecule has 0 bridgehead atoms.